The Balaban J connectivity index is 1.53. The fourth-order valence-electron chi connectivity index (χ4n) is 3.23. The van der Waals surface area contributed by atoms with Crippen LogP contribution in [0.2, 0.25) is 0 Å². The third-order valence-electron chi connectivity index (χ3n) is 4.53. The van der Waals surface area contributed by atoms with Gasteiger partial charge in [-0.2, -0.15) is 0 Å². The first-order valence-electron chi connectivity index (χ1n) is 8.46. The van der Waals surface area contributed by atoms with Crippen molar-refractivity contribution in [2.24, 2.45) is 0 Å². The van der Waals surface area contributed by atoms with Crippen LogP contribution >= 0.6 is 11.3 Å². The molecule has 3 aromatic heterocycles. The second kappa shape index (κ2) is 7.02. The zero-order valence-electron chi connectivity index (χ0n) is 14.4. The van der Waals surface area contributed by atoms with Crippen molar-refractivity contribution >= 4 is 21.2 Å². The Morgan fingerprint density at radius 3 is 2.85 bits per heavy atom. The van der Waals surface area contributed by atoms with Crippen LogP contribution in [-0.4, -0.2) is 35.8 Å². The van der Waals surface area contributed by atoms with Crippen molar-refractivity contribution in [1.29, 1.82) is 0 Å². The van der Waals surface area contributed by atoms with E-state index < -0.39 is 9.84 Å². The van der Waals surface area contributed by atoms with Crippen LogP contribution in [0.4, 0.5) is 0 Å². The molecule has 1 aliphatic rings. The van der Waals surface area contributed by atoms with E-state index in [-0.39, 0.29) is 17.5 Å². The van der Waals surface area contributed by atoms with Gasteiger partial charge in [0.2, 0.25) is 0 Å². The van der Waals surface area contributed by atoms with E-state index in [0.717, 1.165) is 28.0 Å². The molecule has 8 heteroatoms. The van der Waals surface area contributed by atoms with Crippen LogP contribution in [0, 0.1) is 6.92 Å². The quantitative estimate of drug-likeness (QED) is 0.639. The molecule has 0 aromatic carbocycles. The molecule has 1 fully saturated rings. The Morgan fingerprint density at radius 1 is 1.31 bits per heavy atom. The van der Waals surface area contributed by atoms with Crippen molar-refractivity contribution in [1.82, 2.24) is 9.88 Å². The van der Waals surface area contributed by atoms with Crippen molar-refractivity contribution in [3.63, 3.8) is 0 Å². The third kappa shape index (κ3) is 3.92. The fraction of sp³-hybridized carbons (Fsp3) is 0.389. The van der Waals surface area contributed by atoms with Gasteiger partial charge < -0.3 is 8.83 Å². The first-order valence-corrected chi connectivity index (χ1v) is 11.2. The molecule has 0 bridgehead atoms. The highest BCUT2D eigenvalue weighted by Gasteiger charge is 2.33. The maximum absolute atomic E-state index is 11.9. The molecular formula is C18H20N2O4S2. The summed E-state index contributed by atoms with van der Waals surface area (Å²) in [6.45, 7) is 3.06. The molecule has 1 aliphatic heterocycles. The molecule has 0 unspecified atom stereocenters. The first-order chi connectivity index (χ1) is 12.5. The molecule has 0 amide bonds. The highest BCUT2D eigenvalue weighted by molar-refractivity contribution is 7.91. The van der Waals surface area contributed by atoms with E-state index in [1.807, 2.05) is 36.6 Å². The Bertz CT molecular complexity index is 973. The zero-order chi connectivity index (χ0) is 18.1. The number of rotatable bonds is 6. The predicted molar refractivity (Wildman–Crippen MR) is 99.6 cm³/mol. The minimum atomic E-state index is -2.95. The SMILES string of the molecule is Cc1ccc(-c2nc(CN(Cc3ccco3)[C@@H]3CCS(=O)(=O)C3)cs2)o1. The molecule has 26 heavy (non-hydrogen) atoms. The van der Waals surface area contributed by atoms with Crippen LogP contribution in [0.1, 0.15) is 23.6 Å². The molecule has 4 heterocycles. The average Bonchev–Trinajstić information content (AvgIpc) is 3.34. The molecule has 1 saturated heterocycles. The normalized spacial score (nSPS) is 19.4. The second-order valence-corrected chi connectivity index (χ2v) is 9.68. The van der Waals surface area contributed by atoms with Gasteiger partial charge in [-0.1, -0.05) is 0 Å². The number of sulfone groups is 1. The van der Waals surface area contributed by atoms with Gasteiger partial charge in [0, 0.05) is 18.0 Å². The summed E-state index contributed by atoms with van der Waals surface area (Å²) in [6, 6.07) is 7.58. The van der Waals surface area contributed by atoms with Crippen LogP contribution in [0.25, 0.3) is 10.8 Å². The van der Waals surface area contributed by atoms with Crippen LogP contribution in [0.3, 0.4) is 0 Å². The van der Waals surface area contributed by atoms with Crippen molar-refractivity contribution in [2.45, 2.75) is 32.5 Å². The molecule has 1 atom stereocenters. The highest BCUT2D eigenvalue weighted by atomic mass is 32.2. The molecule has 3 aromatic rings. The maximum Gasteiger partial charge on any atom is 0.162 e. The summed E-state index contributed by atoms with van der Waals surface area (Å²) in [7, 11) is -2.95. The van der Waals surface area contributed by atoms with Gasteiger partial charge in [-0.25, -0.2) is 13.4 Å². The van der Waals surface area contributed by atoms with E-state index in [4.69, 9.17) is 8.83 Å². The molecule has 0 N–H and O–H groups in total. The van der Waals surface area contributed by atoms with Gasteiger partial charge >= 0.3 is 0 Å². The Morgan fingerprint density at radius 2 is 2.19 bits per heavy atom. The molecule has 0 spiro atoms. The lowest BCUT2D eigenvalue weighted by Crippen LogP contribution is -2.35. The molecule has 138 valence electrons. The van der Waals surface area contributed by atoms with Gasteiger partial charge in [-0.15, -0.1) is 11.3 Å². The summed E-state index contributed by atoms with van der Waals surface area (Å²) in [5.74, 6) is 2.89. The van der Waals surface area contributed by atoms with E-state index in [1.165, 1.54) is 11.3 Å². The first kappa shape index (κ1) is 17.5. The van der Waals surface area contributed by atoms with E-state index in [2.05, 4.69) is 9.88 Å². The summed E-state index contributed by atoms with van der Waals surface area (Å²) in [4.78, 5) is 6.82. The van der Waals surface area contributed by atoms with Crippen LogP contribution < -0.4 is 0 Å². The predicted octanol–water partition coefficient (Wildman–Crippen LogP) is 3.49. The van der Waals surface area contributed by atoms with E-state index in [1.54, 1.807) is 6.26 Å². The van der Waals surface area contributed by atoms with E-state index in [9.17, 15) is 8.42 Å². The lowest BCUT2D eigenvalue weighted by atomic mass is 10.2. The topological polar surface area (TPSA) is 76.6 Å². The Kier molecular flexibility index (Phi) is 4.73. The number of hydrogen-bond donors (Lipinski definition) is 0. The molecule has 0 aliphatic carbocycles. The van der Waals surface area contributed by atoms with Crippen LogP contribution in [0.15, 0.2) is 44.7 Å². The lowest BCUT2D eigenvalue weighted by molar-refractivity contribution is 0.177. The number of aromatic nitrogens is 1. The molecule has 0 radical (unpaired) electrons. The minimum absolute atomic E-state index is 0.0129. The number of hydrogen-bond acceptors (Lipinski definition) is 7. The molecular weight excluding hydrogens is 372 g/mol. The third-order valence-corrected chi connectivity index (χ3v) is 7.19. The largest absolute Gasteiger partial charge is 0.468 e. The summed E-state index contributed by atoms with van der Waals surface area (Å²) in [5.41, 5.74) is 0.912. The van der Waals surface area contributed by atoms with Crippen molar-refractivity contribution in [3.05, 3.63) is 53.1 Å². The maximum atomic E-state index is 11.9. The number of furan rings is 2. The minimum Gasteiger partial charge on any atom is -0.468 e. The van der Waals surface area contributed by atoms with Crippen molar-refractivity contribution < 1.29 is 17.3 Å². The lowest BCUT2D eigenvalue weighted by Gasteiger charge is -2.26. The zero-order valence-corrected chi connectivity index (χ0v) is 16.1. The summed E-state index contributed by atoms with van der Waals surface area (Å²) in [6.07, 6.45) is 2.29. The number of aryl methyl sites for hydroxylation is 1. The molecule has 6 nitrogen and oxygen atoms in total. The average molecular weight is 393 g/mol. The standard InChI is InChI=1S/C18H20N2O4S2/c1-13-4-5-17(24-13)18-19-14(11-25-18)9-20(10-16-3-2-7-23-16)15-6-8-26(21,22)12-15/h2-5,7,11,15H,6,8-10,12H2,1H3/t15-/m1/s1. The van der Waals surface area contributed by atoms with Gasteiger partial charge in [0.25, 0.3) is 0 Å². The molecule has 0 saturated carbocycles. The van der Waals surface area contributed by atoms with Gasteiger partial charge in [-0.05, 0) is 37.6 Å². The van der Waals surface area contributed by atoms with Crippen molar-refractivity contribution in [3.8, 4) is 10.8 Å². The Hall–Kier alpha value is -1.90. The van der Waals surface area contributed by atoms with E-state index >= 15 is 0 Å². The fourth-order valence-corrected chi connectivity index (χ4v) is 5.76. The Labute approximate surface area is 156 Å². The number of nitrogens with zero attached hydrogens (tertiary/aromatic N) is 2. The number of thiazole rings is 1. The van der Waals surface area contributed by atoms with Crippen LogP contribution in [0.5, 0.6) is 0 Å². The summed E-state index contributed by atoms with van der Waals surface area (Å²) >= 11 is 1.54. The van der Waals surface area contributed by atoms with Gasteiger partial charge in [0.05, 0.1) is 30.0 Å². The molecule has 4 rings (SSSR count). The second-order valence-electron chi connectivity index (χ2n) is 6.60. The van der Waals surface area contributed by atoms with Gasteiger partial charge in [0.1, 0.15) is 11.5 Å². The van der Waals surface area contributed by atoms with Crippen LogP contribution in [-0.2, 0) is 22.9 Å². The van der Waals surface area contributed by atoms with Crippen molar-refractivity contribution in [2.75, 3.05) is 11.5 Å². The van der Waals surface area contributed by atoms with Gasteiger partial charge in [0.15, 0.2) is 20.6 Å². The summed E-state index contributed by atoms with van der Waals surface area (Å²) < 4.78 is 34.9. The highest BCUT2D eigenvalue weighted by Crippen LogP contribution is 2.28. The summed E-state index contributed by atoms with van der Waals surface area (Å²) in [5, 5.41) is 2.84. The van der Waals surface area contributed by atoms with E-state index in [0.29, 0.717) is 19.5 Å². The van der Waals surface area contributed by atoms with Gasteiger partial charge in [-0.3, -0.25) is 4.90 Å². The monoisotopic (exact) mass is 392 g/mol. The smallest absolute Gasteiger partial charge is 0.162 e.